The minimum absolute atomic E-state index is 0.154. The number of unbranched alkanes of at least 4 members (excludes halogenated alkanes) is 15. The maximum Gasteiger partial charge on any atom is 0.472 e. The molecule has 3 unspecified atom stereocenters. The highest BCUT2D eigenvalue weighted by Crippen LogP contribution is 2.43. The summed E-state index contributed by atoms with van der Waals surface area (Å²) in [4.78, 5) is 45.4. The predicted molar refractivity (Wildman–Crippen MR) is 185 cm³/mol. The number of carboxylic acids is 1. The van der Waals surface area contributed by atoms with E-state index in [1.54, 1.807) is 0 Å². The number of ether oxygens (including phenoxy) is 2. The maximum absolute atomic E-state index is 12.5. The molecule has 0 saturated heterocycles. The molecule has 0 radical (unpaired) electrons. The first-order valence-electron chi connectivity index (χ1n) is 17.9. The van der Waals surface area contributed by atoms with Crippen molar-refractivity contribution in [3.63, 3.8) is 0 Å². The van der Waals surface area contributed by atoms with Crippen molar-refractivity contribution in [2.45, 2.75) is 161 Å². The van der Waals surface area contributed by atoms with Gasteiger partial charge >= 0.3 is 25.7 Å². The lowest BCUT2D eigenvalue weighted by atomic mass is 10.1. The molecule has 0 aromatic rings. The minimum atomic E-state index is -4.70. The number of carbonyl (C=O) groups is 3. The molecule has 11 nitrogen and oxygen atoms in total. The summed E-state index contributed by atoms with van der Waals surface area (Å²) >= 11 is 0. The van der Waals surface area contributed by atoms with Gasteiger partial charge in [-0.05, 0) is 44.9 Å². The molecule has 0 rings (SSSR count). The molecule has 0 saturated carbocycles. The molecule has 0 aliphatic carbocycles. The summed E-state index contributed by atoms with van der Waals surface area (Å²) in [6.45, 7) is 2.67. The number of phosphoric acid groups is 1. The van der Waals surface area contributed by atoms with Gasteiger partial charge in [-0.3, -0.25) is 23.4 Å². The van der Waals surface area contributed by atoms with Gasteiger partial charge in [-0.15, -0.1) is 0 Å². The number of hydrogen-bond acceptors (Lipinski definition) is 9. The Balaban J connectivity index is 4.38. The molecule has 0 bridgehead atoms. The first-order valence-corrected chi connectivity index (χ1v) is 19.4. The van der Waals surface area contributed by atoms with Gasteiger partial charge in [0.05, 0.1) is 13.2 Å². The minimum Gasteiger partial charge on any atom is -0.480 e. The average Bonchev–Trinajstić information content (AvgIpc) is 3.04. The largest absolute Gasteiger partial charge is 0.480 e. The molecule has 0 spiro atoms. The number of aliphatic carboxylic acids is 1. The highest BCUT2D eigenvalue weighted by molar-refractivity contribution is 7.47. The molecule has 0 aromatic heterocycles. The summed E-state index contributed by atoms with van der Waals surface area (Å²) in [7, 11) is -4.70. The summed E-state index contributed by atoms with van der Waals surface area (Å²) in [6.07, 6.45) is 28.6. The van der Waals surface area contributed by atoms with Crippen LogP contribution in [0.25, 0.3) is 0 Å². The number of nitrogens with two attached hydrogens (primary N) is 1. The molecule has 0 aliphatic heterocycles. The monoisotopic (exact) mass is 689 g/mol. The first-order chi connectivity index (χ1) is 22.6. The Morgan fingerprint density at radius 1 is 0.660 bits per heavy atom. The van der Waals surface area contributed by atoms with Crippen LogP contribution in [-0.2, 0) is 37.5 Å². The van der Waals surface area contributed by atoms with Crippen molar-refractivity contribution in [1.29, 1.82) is 0 Å². The van der Waals surface area contributed by atoms with Crippen molar-refractivity contribution in [1.82, 2.24) is 0 Å². The molecule has 12 heteroatoms. The number of phosphoric ester groups is 1. The van der Waals surface area contributed by atoms with E-state index in [0.29, 0.717) is 12.8 Å². The van der Waals surface area contributed by atoms with Crippen molar-refractivity contribution in [2.75, 3.05) is 19.8 Å². The van der Waals surface area contributed by atoms with Crippen LogP contribution in [0.4, 0.5) is 0 Å². The SMILES string of the molecule is CCCCC/C=C\C/C=C\CCCCCCCCCC(=O)OC(COC(=O)CCCCCCCC)COP(=O)(O)OCC(N)C(=O)O. The molecule has 0 aromatic carbocycles. The first kappa shape index (κ1) is 45.0. The zero-order valence-electron chi connectivity index (χ0n) is 29.1. The molecule has 47 heavy (non-hydrogen) atoms. The Morgan fingerprint density at radius 2 is 1.13 bits per heavy atom. The number of rotatable bonds is 33. The number of carboxylic acid groups (broad SMARTS) is 1. The second kappa shape index (κ2) is 31.2. The zero-order chi connectivity index (χ0) is 35.0. The van der Waals surface area contributed by atoms with Crippen LogP contribution in [0.3, 0.4) is 0 Å². The fourth-order valence-corrected chi connectivity index (χ4v) is 5.34. The smallest absolute Gasteiger partial charge is 0.472 e. The lowest BCUT2D eigenvalue weighted by molar-refractivity contribution is -0.161. The van der Waals surface area contributed by atoms with E-state index in [1.807, 2.05) is 0 Å². The fraction of sp³-hybridized carbons (Fsp3) is 0.800. The molecular formula is C35H64NO10P. The van der Waals surface area contributed by atoms with Gasteiger partial charge in [0.25, 0.3) is 0 Å². The molecule has 3 atom stereocenters. The van der Waals surface area contributed by atoms with Gasteiger partial charge in [0.15, 0.2) is 6.10 Å². The molecular weight excluding hydrogens is 625 g/mol. The molecule has 4 N–H and O–H groups in total. The number of allylic oxidation sites excluding steroid dienone is 4. The van der Waals surface area contributed by atoms with Crippen LogP contribution in [0.15, 0.2) is 24.3 Å². The summed E-state index contributed by atoms with van der Waals surface area (Å²) in [5.41, 5.74) is 5.29. The Morgan fingerprint density at radius 3 is 1.70 bits per heavy atom. The second-order valence-corrected chi connectivity index (χ2v) is 13.5. The van der Waals surface area contributed by atoms with Crippen molar-refractivity contribution in [3.8, 4) is 0 Å². The molecule has 0 heterocycles. The molecule has 0 aliphatic rings. The lowest BCUT2D eigenvalue weighted by Crippen LogP contribution is -2.34. The quantitative estimate of drug-likeness (QED) is 0.0262. The third kappa shape index (κ3) is 31.0. The van der Waals surface area contributed by atoms with E-state index in [2.05, 4.69) is 42.7 Å². The van der Waals surface area contributed by atoms with E-state index in [0.717, 1.165) is 70.6 Å². The normalized spacial score (nSPS) is 14.3. The van der Waals surface area contributed by atoms with E-state index < -0.39 is 51.1 Å². The van der Waals surface area contributed by atoms with Crippen LogP contribution in [0, 0.1) is 0 Å². The van der Waals surface area contributed by atoms with Crippen LogP contribution >= 0.6 is 7.82 Å². The third-order valence-corrected chi connectivity index (χ3v) is 8.40. The van der Waals surface area contributed by atoms with E-state index in [9.17, 15) is 23.8 Å². The Kier molecular flexibility index (Phi) is 29.9. The highest BCUT2D eigenvalue weighted by atomic mass is 31.2. The van der Waals surface area contributed by atoms with Crippen LogP contribution < -0.4 is 5.73 Å². The van der Waals surface area contributed by atoms with E-state index in [-0.39, 0.29) is 19.4 Å². The van der Waals surface area contributed by atoms with Crippen molar-refractivity contribution in [2.24, 2.45) is 5.73 Å². The average molecular weight is 690 g/mol. The van der Waals surface area contributed by atoms with Gasteiger partial charge in [-0.1, -0.05) is 115 Å². The number of carbonyl (C=O) groups excluding carboxylic acids is 2. The molecule has 0 fully saturated rings. The van der Waals surface area contributed by atoms with Crippen LogP contribution in [-0.4, -0.2) is 59.9 Å². The van der Waals surface area contributed by atoms with Crippen molar-refractivity contribution >= 4 is 25.7 Å². The topological polar surface area (TPSA) is 172 Å². The van der Waals surface area contributed by atoms with Crippen LogP contribution in [0.1, 0.15) is 149 Å². The highest BCUT2D eigenvalue weighted by Gasteiger charge is 2.28. The van der Waals surface area contributed by atoms with Gasteiger partial charge in [0.1, 0.15) is 12.6 Å². The summed E-state index contributed by atoms with van der Waals surface area (Å²) in [6, 6.07) is -1.52. The standard InChI is InChI=1S/C35H64NO10P/c1-3-5-7-9-11-12-13-14-15-16-17-18-19-20-21-23-25-27-34(38)46-31(28-43-33(37)26-24-22-10-8-6-4-2)29-44-47(41,42)45-30-32(36)35(39)40/h11-12,14-15,31-32H,3-10,13,16-30,36H2,1-2H3,(H,39,40)(H,41,42)/b12-11-,15-14-. The van der Waals surface area contributed by atoms with Crippen molar-refractivity contribution < 1.29 is 47.5 Å². The van der Waals surface area contributed by atoms with E-state index in [1.165, 1.54) is 38.5 Å². The van der Waals surface area contributed by atoms with Gasteiger partial charge in [-0.25, -0.2) is 4.57 Å². The predicted octanol–water partition coefficient (Wildman–Crippen LogP) is 8.33. The van der Waals surface area contributed by atoms with Gasteiger partial charge in [0.2, 0.25) is 0 Å². The Labute approximate surface area is 283 Å². The summed E-state index contributed by atoms with van der Waals surface area (Å²) < 4.78 is 32.3. The van der Waals surface area contributed by atoms with Gasteiger partial charge in [-0.2, -0.15) is 0 Å². The van der Waals surface area contributed by atoms with Crippen molar-refractivity contribution in [3.05, 3.63) is 24.3 Å². The van der Waals surface area contributed by atoms with Gasteiger partial charge in [0, 0.05) is 12.8 Å². The van der Waals surface area contributed by atoms with Gasteiger partial charge < -0.3 is 25.2 Å². The zero-order valence-corrected chi connectivity index (χ0v) is 30.0. The summed E-state index contributed by atoms with van der Waals surface area (Å²) in [5, 5.41) is 8.82. The molecule has 0 amide bonds. The maximum atomic E-state index is 12.5. The fourth-order valence-electron chi connectivity index (χ4n) is 4.56. The van der Waals surface area contributed by atoms with E-state index in [4.69, 9.17) is 24.8 Å². The molecule has 274 valence electrons. The lowest BCUT2D eigenvalue weighted by Gasteiger charge is -2.20. The second-order valence-electron chi connectivity index (χ2n) is 12.0. The Bertz CT molecular complexity index is 911. The Hall–Kier alpha value is -2.04. The van der Waals surface area contributed by atoms with E-state index >= 15 is 0 Å². The summed E-state index contributed by atoms with van der Waals surface area (Å²) in [5.74, 6) is -2.40. The van der Waals surface area contributed by atoms with Crippen LogP contribution in [0.5, 0.6) is 0 Å². The number of hydrogen-bond donors (Lipinski definition) is 3. The van der Waals surface area contributed by atoms with Crippen LogP contribution in [0.2, 0.25) is 0 Å². The third-order valence-electron chi connectivity index (χ3n) is 7.45. The number of esters is 2.